The molecule has 0 aliphatic heterocycles. The number of fused-ring (bicyclic) bond motifs is 1. The molecule has 2 aromatic heterocycles. The molecule has 2 heterocycles. The lowest BCUT2D eigenvalue weighted by atomic mass is 10.1. The fraction of sp³-hybridized carbons (Fsp3) is 0. The van der Waals surface area contributed by atoms with Crippen LogP contribution in [0.25, 0.3) is 39.4 Å². The van der Waals surface area contributed by atoms with Crippen LogP contribution >= 0.6 is 15.9 Å². The van der Waals surface area contributed by atoms with E-state index in [0.717, 1.165) is 38.0 Å². The lowest BCUT2D eigenvalue weighted by Crippen LogP contribution is -1.90. The molecule has 0 radical (unpaired) electrons. The molecule has 130 valence electrons. The highest BCUT2D eigenvalue weighted by molar-refractivity contribution is 9.10. The topological polar surface area (TPSA) is 56.7 Å². The molecule has 0 N–H and O–H groups in total. The van der Waals surface area contributed by atoms with E-state index < -0.39 is 0 Å². The Morgan fingerprint density at radius 3 is 2.37 bits per heavy atom. The van der Waals surface area contributed by atoms with Gasteiger partial charge in [0.2, 0.25) is 5.89 Å². The third-order valence-electron chi connectivity index (χ3n) is 4.36. The van der Waals surface area contributed by atoms with Gasteiger partial charge in [-0.25, -0.2) is 4.98 Å². The molecule has 0 aliphatic carbocycles. The molecule has 0 spiro atoms. The Kier molecular flexibility index (Phi) is 3.83. The number of rotatable bonds is 3. The Labute approximate surface area is 163 Å². The van der Waals surface area contributed by atoms with Crippen LogP contribution in [0.3, 0.4) is 0 Å². The van der Waals surface area contributed by atoms with Crippen LogP contribution in [-0.2, 0) is 0 Å². The summed E-state index contributed by atoms with van der Waals surface area (Å²) < 4.78 is 8.77. The maximum absolute atomic E-state index is 6.05. The Morgan fingerprint density at radius 1 is 0.778 bits per heavy atom. The monoisotopic (exact) mass is 416 g/mol. The summed E-state index contributed by atoms with van der Waals surface area (Å²) in [4.78, 5) is 4.72. The summed E-state index contributed by atoms with van der Waals surface area (Å²) in [5, 5.41) is 7.71. The van der Waals surface area contributed by atoms with Crippen molar-refractivity contribution in [1.82, 2.24) is 19.7 Å². The van der Waals surface area contributed by atoms with Crippen molar-refractivity contribution >= 4 is 27.0 Å². The summed E-state index contributed by atoms with van der Waals surface area (Å²) in [5.41, 5.74) is 5.62. The molecular weight excluding hydrogens is 404 g/mol. The van der Waals surface area contributed by atoms with E-state index in [1.807, 2.05) is 53.1 Å². The highest BCUT2D eigenvalue weighted by Gasteiger charge is 2.13. The molecule has 0 aliphatic rings. The normalized spacial score (nSPS) is 11.1. The molecule has 5 nitrogen and oxygen atoms in total. The summed E-state index contributed by atoms with van der Waals surface area (Å²) in [5.74, 6) is 0.575. The van der Waals surface area contributed by atoms with Gasteiger partial charge in [0.25, 0.3) is 0 Å². The van der Waals surface area contributed by atoms with Gasteiger partial charge in [0.05, 0.1) is 4.47 Å². The fourth-order valence-electron chi connectivity index (χ4n) is 3.05. The number of oxazole rings is 1. The van der Waals surface area contributed by atoms with Crippen LogP contribution in [-0.4, -0.2) is 19.7 Å². The molecule has 0 saturated carbocycles. The second kappa shape index (κ2) is 6.48. The van der Waals surface area contributed by atoms with E-state index in [9.17, 15) is 0 Å². The average molecular weight is 417 g/mol. The minimum Gasteiger partial charge on any atom is -0.435 e. The maximum Gasteiger partial charge on any atom is 0.227 e. The number of halogens is 1. The smallest absolute Gasteiger partial charge is 0.227 e. The van der Waals surface area contributed by atoms with Crippen molar-refractivity contribution in [2.45, 2.75) is 0 Å². The molecule has 6 heteroatoms. The molecule has 0 fully saturated rings. The Morgan fingerprint density at radius 2 is 1.56 bits per heavy atom. The lowest BCUT2D eigenvalue weighted by molar-refractivity contribution is 0.618. The van der Waals surface area contributed by atoms with Gasteiger partial charge in [-0.1, -0.05) is 36.4 Å². The van der Waals surface area contributed by atoms with Crippen molar-refractivity contribution in [2.75, 3.05) is 0 Å². The Bertz CT molecular complexity index is 1230. The molecule has 5 rings (SSSR count). The standard InChI is InChI=1S/C21H13BrN4O/c22-18-10-16(14-5-2-1-3-6-14)11-19-20(18)27-21(25-19)15-7-4-8-17(9-15)26-12-23-24-13-26/h1-13H. The largest absolute Gasteiger partial charge is 0.435 e. The molecule has 0 atom stereocenters. The number of benzene rings is 3. The highest BCUT2D eigenvalue weighted by atomic mass is 79.9. The molecule has 0 amide bonds. The minimum atomic E-state index is 0.575. The first-order valence-corrected chi connectivity index (χ1v) is 9.18. The number of aromatic nitrogens is 4. The summed E-state index contributed by atoms with van der Waals surface area (Å²) in [6.45, 7) is 0. The predicted octanol–water partition coefficient (Wildman–Crippen LogP) is 5.51. The number of hydrogen-bond donors (Lipinski definition) is 0. The van der Waals surface area contributed by atoms with Crippen LogP contribution in [0.15, 0.2) is 88.3 Å². The first-order valence-electron chi connectivity index (χ1n) is 8.39. The van der Waals surface area contributed by atoms with Crippen LogP contribution in [0.1, 0.15) is 0 Å². The van der Waals surface area contributed by atoms with E-state index in [1.165, 1.54) is 0 Å². The highest BCUT2D eigenvalue weighted by Crippen LogP contribution is 2.34. The molecule has 0 bridgehead atoms. The fourth-order valence-corrected chi connectivity index (χ4v) is 3.58. The van der Waals surface area contributed by atoms with Gasteiger partial charge in [-0.05, 0) is 57.4 Å². The third-order valence-corrected chi connectivity index (χ3v) is 4.95. The summed E-state index contributed by atoms with van der Waals surface area (Å²) >= 11 is 3.62. The summed E-state index contributed by atoms with van der Waals surface area (Å²) in [6.07, 6.45) is 3.32. The third kappa shape index (κ3) is 2.94. The van der Waals surface area contributed by atoms with E-state index in [1.54, 1.807) is 12.7 Å². The van der Waals surface area contributed by atoms with Gasteiger partial charge in [-0.3, -0.25) is 4.57 Å². The molecule has 3 aromatic carbocycles. The van der Waals surface area contributed by atoms with E-state index in [2.05, 4.69) is 44.3 Å². The second-order valence-electron chi connectivity index (χ2n) is 6.11. The first kappa shape index (κ1) is 16.0. The van der Waals surface area contributed by atoms with Crippen LogP contribution in [0.4, 0.5) is 0 Å². The quantitative estimate of drug-likeness (QED) is 0.389. The van der Waals surface area contributed by atoms with E-state index in [-0.39, 0.29) is 0 Å². The number of hydrogen-bond acceptors (Lipinski definition) is 4. The van der Waals surface area contributed by atoms with Crippen LogP contribution < -0.4 is 0 Å². The lowest BCUT2D eigenvalue weighted by Gasteiger charge is -2.02. The van der Waals surface area contributed by atoms with Gasteiger partial charge >= 0.3 is 0 Å². The molecule has 27 heavy (non-hydrogen) atoms. The van der Waals surface area contributed by atoms with Crippen molar-refractivity contribution in [2.24, 2.45) is 0 Å². The zero-order valence-corrected chi connectivity index (χ0v) is 15.7. The Balaban J connectivity index is 1.61. The SMILES string of the molecule is Brc1cc(-c2ccccc2)cc2nc(-c3cccc(-n4cnnc4)c3)oc12. The zero-order chi connectivity index (χ0) is 18.2. The van der Waals surface area contributed by atoms with Crippen molar-refractivity contribution in [3.63, 3.8) is 0 Å². The van der Waals surface area contributed by atoms with Crippen LogP contribution in [0, 0.1) is 0 Å². The van der Waals surface area contributed by atoms with Gasteiger partial charge < -0.3 is 4.42 Å². The molecule has 0 unspecified atom stereocenters. The molecule has 5 aromatic rings. The van der Waals surface area contributed by atoms with Crippen molar-refractivity contribution < 1.29 is 4.42 Å². The van der Waals surface area contributed by atoms with E-state index in [4.69, 9.17) is 9.40 Å². The molecular formula is C21H13BrN4O. The van der Waals surface area contributed by atoms with Gasteiger partial charge in [0.15, 0.2) is 5.58 Å². The van der Waals surface area contributed by atoms with Crippen LogP contribution in [0.5, 0.6) is 0 Å². The minimum absolute atomic E-state index is 0.575. The second-order valence-corrected chi connectivity index (χ2v) is 6.97. The van der Waals surface area contributed by atoms with E-state index in [0.29, 0.717) is 5.89 Å². The summed E-state index contributed by atoms with van der Waals surface area (Å²) in [6, 6.07) is 22.2. The first-order chi connectivity index (χ1) is 13.3. The molecule has 0 saturated heterocycles. The average Bonchev–Trinajstić information content (AvgIpc) is 3.39. The van der Waals surface area contributed by atoms with Crippen molar-refractivity contribution in [3.05, 3.63) is 83.9 Å². The maximum atomic E-state index is 6.05. The van der Waals surface area contributed by atoms with E-state index >= 15 is 0 Å². The van der Waals surface area contributed by atoms with Crippen molar-refractivity contribution in [1.29, 1.82) is 0 Å². The van der Waals surface area contributed by atoms with Gasteiger partial charge in [0, 0.05) is 11.3 Å². The predicted molar refractivity (Wildman–Crippen MR) is 107 cm³/mol. The van der Waals surface area contributed by atoms with Gasteiger partial charge in [-0.2, -0.15) is 0 Å². The van der Waals surface area contributed by atoms with Gasteiger partial charge in [-0.15, -0.1) is 10.2 Å². The number of nitrogens with zero attached hydrogens (tertiary/aromatic N) is 4. The van der Waals surface area contributed by atoms with Crippen LogP contribution in [0.2, 0.25) is 0 Å². The summed E-state index contributed by atoms with van der Waals surface area (Å²) in [7, 11) is 0. The zero-order valence-electron chi connectivity index (χ0n) is 14.1. The van der Waals surface area contributed by atoms with Gasteiger partial charge in [0.1, 0.15) is 18.2 Å². The Hall–Kier alpha value is -3.25. The van der Waals surface area contributed by atoms with Crippen molar-refractivity contribution in [3.8, 4) is 28.3 Å².